The highest BCUT2D eigenvalue weighted by atomic mass is 16.5. The molecule has 0 saturated carbocycles. The summed E-state index contributed by atoms with van der Waals surface area (Å²) in [4.78, 5) is 12.1. The number of nitrogens with zero attached hydrogens (tertiary/aromatic N) is 1. The molecule has 0 radical (unpaired) electrons. The summed E-state index contributed by atoms with van der Waals surface area (Å²) in [5.41, 5.74) is 0.191. The topological polar surface area (TPSA) is 63.5 Å². The molecule has 5 nitrogen and oxygen atoms in total. The zero-order valence-corrected chi connectivity index (χ0v) is 11.9. The van der Waals surface area contributed by atoms with E-state index in [-0.39, 0.29) is 17.3 Å². The first-order valence-corrected chi connectivity index (χ1v) is 6.40. The van der Waals surface area contributed by atoms with Crippen LogP contribution in [0.1, 0.15) is 32.8 Å². The highest BCUT2D eigenvalue weighted by molar-refractivity contribution is 5.50. The molecule has 1 rings (SSSR count). The number of hydrogen-bond acceptors (Lipinski definition) is 4. The minimum Gasteiger partial charge on any atom is -0.485 e. The van der Waals surface area contributed by atoms with E-state index in [0.29, 0.717) is 11.6 Å². The molecular formula is C14H22N2O3. The van der Waals surface area contributed by atoms with Crippen LogP contribution in [0.5, 0.6) is 5.75 Å². The Morgan fingerprint density at radius 3 is 2.68 bits per heavy atom. The summed E-state index contributed by atoms with van der Waals surface area (Å²) in [7, 11) is 1.89. The fourth-order valence-corrected chi connectivity index (χ4v) is 1.53. The third kappa shape index (κ3) is 4.79. The lowest BCUT2D eigenvalue weighted by Gasteiger charge is -2.10. The number of hydrogen-bond donors (Lipinski definition) is 2. The number of nitrogens with one attached hydrogen (secondary N) is 1. The van der Waals surface area contributed by atoms with Gasteiger partial charge in [-0.25, -0.2) is 0 Å². The van der Waals surface area contributed by atoms with Crippen molar-refractivity contribution in [1.82, 2.24) is 10.0 Å². The average Bonchev–Trinajstić information content (AvgIpc) is 2.33. The standard InChI is InChI=1S/C14H22N2O3/c1-10(2)19-13-9-16(18)8-12(14(13)17)7-5-6-11(3)15-4/h5,7-11,15,18H,6H2,1-4H3/b7-5+/t11-/m0/s1. The molecule has 1 heterocycles. The van der Waals surface area contributed by atoms with Gasteiger partial charge < -0.3 is 15.3 Å². The van der Waals surface area contributed by atoms with Gasteiger partial charge >= 0.3 is 0 Å². The van der Waals surface area contributed by atoms with Crippen LogP contribution in [0.3, 0.4) is 0 Å². The molecule has 0 saturated heterocycles. The van der Waals surface area contributed by atoms with Gasteiger partial charge in [-0.15, -0.1) is 0 Å². The lowest BCUT2D eigenvalue weighted by molar-refractivity contribution is 0.172. The molecule has 5 heteroatoms. The monoisotopic (exact) mass is 266 g/mol. The maximum Gasteiger partial charge on any atom is 0.230 e. The maximum atomic E-state index is 12.1. The van der Waals surface area contributed by atoms with E-state index in [1.807, 2.05) is 33.9 Å². The summed E-state index contributed by atoms with van der Waals surface area (Å²) < 4.78 is 6.22. The molecule has 19 heavy (non-hydrogen) atoms. The summed E-state index contributed by atoms with van der Waals surface area (Å²) in [5, 5.41) is 12.6. The number of rotatable bonds is 6. The zero-order chi connectivity index (χ0) is 14.4. The normalized spacial score (nSPS) is 13.1. The molecule has 1 aromatic heterocycles. The number of ether oxygens (including phenoxy) is 1. The van der Waals surface area contributed by atoms with Crippen LogP contribution < -0.4 is 15.5 Å². The van der Waals surface area contributed by atoms with Crippen LogP contribution >= 0.6 is 0 Å². The Morgan fingerprint density at radius 2 is 2.11 bits per heavy atom. The molecule has 0 spiro atoms. The van der Waals surface area contributed by atoms with Crippen molar-refractivity contribution in [2.45, 2.75) is 39.3 Å². The molecule has 0 aliphatic heterocycles. The van der Waals surface area contributed by atoms with Crippen molar-refractivity contribution in [3.63, 3.8) is 0 Å². The van der Waals surface area contributed by atoms with Gasteiger partial charge in [-0.3, -0.25) is 4.79 Å². The molecule has 0 aliphatic rings. The second-order valence-electron chi connectivity index (χ2n) is 4.78. The quantitative estimate of drug-likeness (QED) is 0.772. The lowest BCUT2D eigenvalue weighted by atomic mass is 10.2. The van der Waals surface area contributed by atoms with Crippen molar-refractivity contribution >= 4 is 6.08 Å². The van der Waals surface area contributed by atoms with Crippen LogP contribution in [0.25, 0.3) is 6.08 Å². The summed E-state index contributed by atoms with van der Waals surface area (Å²) in [5.74, 6) is 0.154. The minimum atomic E-state index is -0.215. The first-order valence-electron chi connectivity index (χ1n) is 6.40. The molecule has 2 N–H and O–H groups in total. The van der Waals surface area contributed by atoms with Crippen LogP contribution in [-0.4, -0.2) is 29.1 Å². The average molecular weight is 266 g/mol. The molecule has 0 bridgehead atoms. The van der Waals surface area contributed by atoms with Crippen LogP contribution in [0.2, 0.25) is 0 Å². The van der Waals surface area contributed by atoms with E-state index < -0.39 is 0 Å². The van der Waals surface area contributed by atoms with Crippen molar-refractivity contribution in [3.05, 3.63) is 34.3 Å². The van der Waals surface area contributed by atoms with Gasteiger partial charge in [0.15, 0.2) is 5.75 Å². The maximum absolute atomic E-state index is 12.1. The van der Waals surface area contributed by atoms with Gasteiger partial charge in [-0.1, -0.05) is 12.2 Å². The SMILES string of the molecule is CN[C@@H](C)C/C=C/c1cn(O)cc(OC(C)C)c1=O. The van der Waals surface area contributed by atoms with Gasteiger partial charge in [0, 0.05) is 11.6 Å². The van der Waals surface area contributed by atoms with Crippen LogP contribution in [0.15, 0.2) is 23.3 Å². The highest BCUT2D eigenvalue weighted by Gasteiger charge is 2.08. The Hall–Kier alpha value is -1.75. The Labute approximate surface area is 113 Å². The van der Waals surface area contributed by atoms with Crippen LogP contribution in [0.4, 0.5) is 0 Å². The molecule has 106 valence electrons. The Bertz CT molecular complexity index is 492. The predicted molar refractivity (Wildman–Crippen MR) is 75.8 cm³/mol. The van der Waals surface area contributed by atoms with Gasteiger partial charge in [-0.2, -0.15) is 4.73 Å². The Kier molecular flexibility index (Phi) is 5.63. The smallest absolute Gasteiger partial charge is 0.230 e. The van der Waals surface area contributed by atoms with Crippen molar-refractivity contribution < 1.29 is 9.94 Å². The van der Waals surface area contributed by atoms with Crippen molar-refractivity contribution in [1.29, 1.82) is 0 Å². The lowest BCUT2D eigenvalue weighted by Crippen LogP contribution is -2.20. The summed E-state index contributed by atoms with van der Waals surface area (Å²) in [6.07, 6.45) is 6.94. The van der Waals surface area contributed by atoms with E-state index in [0.717, 1.165) is 11.2 Å². The minimum absolute atomic E-state index is 0.115. The fraction of sp³-hybridized carbons (Fsp3) is 0.500. The van der Waals surface area contributed by atoms with Gasteiger partial charge in [0.1, 0.15) is 0 Å². The molecule has 0 unspecified atom stereocenters. The molecule has 1 atom stereocenters. The third-order valence-corrected chi connectivity index (χ3v) is 2.65. The molecule has 0 fully saturated rings. The second kappa shape index (κ2) is 6.99. The van der Waals surface area contributed by atoms with E-state index in [9.17, 15) is 10.0 Å². The fourth-order valence-electron chi connectivity index (χ4n) is 1.53. The Balaban J connectivity index is 2.95. The first kappa shape index (κ1) is 15.3. The summed E-state index contributed by atoms with van der Waals surface area (Å²) in [6, 6.07) is 0.336. The van der Waals surface area contributed by atoms with Gasteiger partial charge in [0.05, 0.1) is 18.5 Å². The molecular weight excluding hydrogens is 244 g/mol. The van der Waals surface area contributed by atoms with Crippen LogP contribution in [-0.2, 0) is 0 Å². The van der Waals surface area contributed by atoms with Gasteiger partial charge in [-0.05, 0) is 34.2 Å². The van der Waals surface area contributed by atoms with E-state index in [1.165, 1.54) is 12.4 Å². The van der Waals surface area contributed by atoms with Crippen molar-refractivity contribution in [2.75, 3.05) is 7.05 Å². The van der Waals surface area contributed by atoms with E-state index in [1.54, 1.807) is 6.08 Å². The Morgan fingerprint density at radius 1 is 1.42 bits per heavy atom. The molecule has 0 aromatic carbocycles. The third-order valence-electron chi connectivity index (χ3n) is 2.65. The summed E-state index contributed by atoms with van der Waals surface area (Å²) >= 11 is 0. The van der Waals surface area contributed by atoms with Crippen molar-refractivity contribution in [2.24, 2.45) is 0 Å². The number of pyridine rings is 1. The van der Waals surface area contributed by atoms with E-state index in [2.05, 4.69) is 5.32 Å². The molecule has 1 aromatic rings. The molecule has 0 aliphatic carbocycles. The van der Waals surface area contributed by atoms with Gasteiger partial charge in [0.25, 0.3) is 0 Å². The second-order valence-corrected chi connectivity index (χ2v) is 4.78. The van der Waals surface area contributed by atoms with Crippen LogP contribution in [0, 0.1) is 0 Å². The predicted octanol–water partition coefficient (Wildman–Crippen LogP) is 1.88. The zero-order valence-electron chi connectivity index (χ0n) is 11.9. The van der Waals surface area contributed by atoms with Gasteiger partial charge in [0.2, 0.25) is 5.43 Å². The summed E-state index contributed by atoms with van der Waals surface area (Å²) in [6.45, 7) is 5.71. The van der Waals surface area contributed by atoms with E-state index >= 15 is 0 Å². The molecule has 0 amide bonds. The number of aromatic nitrogens is 1. The highest BCUT2D eigenvalue weighted by Crippen LogP contribution is 2.09. The van der Waals surface area contributed by atoms with E-state index in [4.69, 9.17) is 4.74 Å². The van der Waals surface area contributed by atoms with Crippen molar-refractivity contribution in [3.8, 4) is 5.75 Å². The first-order chi connectivity index (χ1) is 8.93. The largest absolute Gasteiger partial charge is 0.485 e.